The summed E-state index contributed by atoms with van der Waals surface area (Å²) in [7, 11) is 1.61. The fraction of sp³-hybridized carbons (Fsp3) is 0.348. The third kappa shape index (κ3) is 6.55. The van der Waals surface area contributed by atoms with Crippen LogP contribution in [0.5, 0.6) is 11.5 Å². The summed E-state index contributed by atoms with van der Waals surface area (Å²) in [6.07, 6.45) is 5.28. The van der Waals surface area contributed by atoms with Crippen molar-refractivity contribution in [2.75, 3.05) is 19.0 Å². The zero-order valence-corrected chi connectivity index (χ0v) is 17.6. The summed E-state index contributed by atoms with van der Waals surface area (Å²) in [6.45, 7) is 1.19. The number of amides is 1. The van der Waals surface area contributed by atoms with Gasteiger partial charge in [0, 0.05) is 24.4 Å². The molecule has 2 aromatic carbocycles. The number of rotatable bonds is 12. The number of hydrogen-bond acceptors (Lipinski definition) is 7. The van der Waals surface area contributed by atoms with Crippen molar-refractivity contribution in [1.82, 2.24) is 15.4 Å². The molecule has 0 spiro atoms. The van der Waals surface area contributed by atoms with Gasteiger partial charge in [0.1, 0.15) is 12.1 Å². The molecule has 0 saturated carbocycles. The normalized spacial score (nSPS) is 10.6. The van der Waals surface area contributed by atoms with Crippen molar-refractivity contribution in [2.24, 2.45) is 0 Å². The summed E-state index contributed by atoms with van der Waals surface area (Å²) in [6, 6.07) is 13.9. The van der Waals surface area contributed by atoms with Crippen LogP contribution in [0.1, 0.15) is 37.7 Å². The third-order valence-corrected chi connectivity index (χ3v) is 4.90. The highest BCUT2D eigenvalue weighted by molar-refractivity contribution is 5.91. The lowest BCUT2D eigenvalue weighted by molar-refractivity contribution is -0.129. The van der Waals surface area contributed by atoms with E-state index in [0.717, 1.165) is 48.0 Å². The Bertz CT molecular complexity index is 982. The van der Waals surface area contributed by atoms with E-state index in [1.807, 2.05) is 30.3 Å². The number of aromatic nitrogens is 2. The Kier molecular flexibility index (Phi) is 8.42. The predicted octanol–water partition coefficient (Wildman–Crippen LogP) is 4.09. The fourth-order valence-corrected chi connectivity index (χ4v) is 3.24. The van der Waals surface area contributed by atoms with Gasteiger partial charge in [-0.1, -0.05) is 43.2 Å². The maximum atomic E-state index is 11.0. The molecule has 3 rings (SSSR count). The van der Waals surface area contributed by atoms with E-state index in [-0.39, 0.29) is 5.91 Å². The monoisotopic (exact) mass is 424 g/mol. The molecule has 0 aliphatic heterocycles. The minimum Gasteiger partial charge on any atom is -0.493 e. The van der Waals surface area contributed by atoms with Crippen molar-refractivity contribution in [3.05, 3.63) is 54.4 Å². The Morgan fingerprint density at radius 2 is 1.84 bits per heavy atom. The van der Waals surface area contributed by atoms with Crippen molar-refractivity contribution in [2.45, 2.75) is 38.6 Å². The van der Waals surface area contributed by atoms with E-state index in [1.54, 1.807) is 12.6 Å². The molecule has 164 valence electrons. The molecule has 1 amide bonds. The first-order valence-electron chi connectivity index (χ1n) is 10.4. The lowest BCUT2D eigenvalue weighted by Crippen LogP contribution is -2.17. The molecule has 3 aromatic rings. The van der Waals surface area contributed by atoms with Crippen LogP contribution in [0.15, 0.2) is 48.8 Å². The second-order valence-corrected chi connectivity index (χ2v) is 7.13. The number of anilines is 1. The lowest BCUT2D eigenvalue weighted by atomic mass is 10.1. The number of hydrogen-bond donors (Lipinski definition) is 3. The topological polar surface area (TPSA) is 106 Å². The van der Waals surface area contributed by atoms with Gasteiger partial charge < -0.3 is 14.8 Å². The van der Waals surface area contributed by atoms with Crippen LogP contribution >= 0.6 is 0 Å². The molecule has 0 unspecified atom stereocenters. The van der Waals surface area contributed by atoms with E-state index >= 15 is 0 Å². The number of unbranched alkanes of at least 4 members (excludes halogenated alkanes) is 3. The standard InChI is InChI=1S/C23H28N4O4/c1-30-20-14-19-18(13-21(20)31-12-8-3-2-7-11-22(28)27-29)23(26-16-25-19)24-15-17-9-5-4-6-10-17/h4-6,9-10,13-14,16,29H,2-3,7-8,11-12,15H2,1H3,(H,27,28)(H,24,25,26). The van der Waals surface area contributed by atoms with Crippen molar-refractivity contribution in [1.29, 1.82) is 0 Å². The molecule has 0 saturated heterocycles. The molecule has 1 heterocycles. The number of ether oxygens (including phenoxy) is 2. The summed E-state index contributed by atoms with van der Waals surface area (Å²) < 4.78 is 11.5. The quantitative estimate of drug-likeness (QED) is 0.228. The van der Waals surface area contributed by atoms with Crippen molar-refractivity contribution < 1.29 is 19.5 Å². The van der Waals surface area contributed by atoms with Crippen LogP contribution in [0, 0.1) is 0 Å². The minimum absolute atomic E-state index is 0.328. The molecule has 0 radical (unpaired) electrons. The Balaban J connectivity index is 1.61. The number of hydroxylamine groups is 1. The average Bonchev–Trinajstić information content (AvgIpc) is 2.82. The zero-order valence-electron chi connectivity index (χ0n) is 17.6. The van der Waals surface area contributed by atoms with E-state index in [9.17, 15) is 4.79 Å². The first kappa shape index (κ1) is 22.3. The number of carbonyl (C=O) groups excluding carboxylic acids is 1. The van der Waals surface area contributed by atoms with E-state index in [4.69, 9.17) is 14.7 Å². The number of nitrogens with one attached hydrogen (secondary N) is 2. The maximum absolute atomic E-state index is 11.0. The Hall–Kier alpha value is -3.39. The zero-order chi connectivity index (χ0) is 21.9. The largest absolute Gasteiger partial charge is 0.493 e. The second-order valence-electron chi connectivity index (χ2n) is 7.13. The first-order valence-corrected chi connectivity index (χ1v) is 10.4. The van der Waals surface area contributed by atoms with Crippen molar-refractivity contribution in [3.63, 3.8) is 0 Å². The molecule has 0 atom stereocenters. The van der Waals surface area contributed by atoms with E-state index in [2.05, 4.69) is 27.4 Å². The summed E-state index contributed by atoms with van der Waals surface area (Å²) in [5.74, 6) is 1.66. The number of nitrogens with zero attached hydrogens (tertiary/aromatic N) is 2. The lowest BCUT2D eigenvalue weighted by Gasteiger charge is -2.14. The minimum atomic E-state index is -0.351. The highest BCUT2D eigenvalue weighted by Gasteiger charge is 2.12. The Labute approximate surface area is 181 Å². The van der Waals surface area contributed by atoms with Crippen LogP contribution in [0.3, 0.4) is 0 Å². The summed E-state index contributed by atoms with van der Waals surface area (Å²) in [5, 5.41) is 12.7. The molecule has 0 bridgehead atoms. The van der Waals surface area contributed by atoms with Gasteiger partial charge in [0.25, 0.3) is 0 Å². The van der Waals surface area contributed by atoms with Crippen LogP contribution in [0.2, 0.25) is 0 Å². The van der Waals surface area contributed by atoms with Crippen LogP contribution in [-0.2, 0) is 11.3 Å². The highest BCUT2D eigenvalue weighted by Crippen LogP contribution is 2.34. The number of carbonyl (C=O) groups is 1. The van der Waals surface area contributed by atoms with E-state index in [1.165, 1.54) is 6.33 Å². The Morgan fingerprint density at radius 3 is 2.61 bits per heavy atom. The van der Waals surface area contributed by atoms with Gasteiger partial charge in [-0.15, -0.1) is 0 Å². The molecule has 0 fully saturated rings. The molecule has 0 aliphatic carbocycles. The maximum Gasteiger partial charge on any atom is 0.243 e. The molecule has 8 nitrogen and oxygen atoms in total. The third-order valence-electron chi connectivity index (χ3n) is 4.90. The second kappa shape index (κ2) is 11.7. The van der Waals surface area contributed by atoms with Crippen molar-refractivity contribution >= 4 is 22.6 Å². The average molecular weight is 425 g/mol. The van der Waals surface area contributed by atoms with Crippen LogP contribution < -0.4 is 20.3 Å². The molecule has 3 N–H and O–H groups in total. The molecular formula is C23H28N4O4. The van der Waals surface area contributed by atoms with Crippen LogP contribution in [0.25, 0.3) is 10.9 Å². The summed E-state index contributed by atoms with van der Waals surface area (Å²) in [4.78, 5) is 19.8. The molecule has 0 aliphatic rings. The van der Waals surface area contributed by atoms with E-state index in [0.29, 0.717) is 31.1 Å². The van der Waals surface area contributed by atoms with Gasteiger partial charge in [0.2, 0.25) is 5.91 Å². The summed E-state index contributed by atoms with van der Waals surface area (Å²) >= 11 is 0. The van der Waals surface area contributed by atoms with Gasteiger partial charge in [-0.05, 0) is 24.5 Å². The van der Waals surface area contributed by atoms with Gasteiger partial charge >= 0.3 is 0 Å². The van der Waals surface area contributed by atoms with Gasteiger partial charge in [-0.25, -0.2) is 15.4 Å². The molecule has 31 heavy (non-hydrogen) atoms. The molecular weight excluding hydrogens is 396 g/mol. The van der Waals surface area contributed by atoms with Gasteiger partial charge in [-0.3, -0.25) is 10.0 Å². The molecule has 8 heteroatoms. The van der Waals surface area contributed by atoms with Gasteiger partial charge in [-0.2, -0.15) is 0 Å². The molecule has 1 aromatic heterocycles. The highest BCUT2D eigenvalue weighted by atomic mass is 16.5. The van der Waals surface area contributed by atoms with Crippen molar-refractivity contribution in [3.8, 4) is 11.5 Å². The number of benzene rings is 2. The fourth-order valence-electron chi connectivity index (χ4n) is 3.24. The smallest absolute Gasteiger partial charge is 0.243 e. The predicted molar refractivity (Wildman–Crippen MR) is 118 cm³/mol. The van der Waals surface area contributed by atoms with Crippen LogP contribution in [0.4, 0.5) is 5.82 Å². The Morgan fingerprint density at radius 1 is 1.03 bits per heavy atom. The SMILES string of the molecule is COc1cc2ncnc(NCc3ccccc3)c2cc1OCCCCCCC(=O)NO. The van der Waals surface area contributed by atoms with Gasteiger partial charge in [0.15, 0.2) is 11.5 Å². The van der Waals surface area contributed by atoms with Crippen LogP contribution in [-0.4, -0.2) is 34.8 Å². The number of fused-ring (bicyclic) bond motifs is 1. The summed E-state index contributed by atoms with van der Waals surface area (Å²) in [5.41, 5.74) is 3.58. The van der Waals surface area contributed by atoms with E-state index < -0.39 is 0 Å². The number of methoxy groups -OCH3 is 1. The van der Waals surface area contributed by atoms with Gasteiger partial charge in [0.05, 0.1) is 19.2 Å². The first-order chi connectivity index (χ1) is 15.2.